The lowest BCUT2D eigenvalue weighted by atomic mass is 10.0. The van der Waals surface area contributed by atoms with Crippen LogP contribution in [0, 0.1) is 0 Å². The first kappa shape index (κ1) is 18.9. The Morgan fingerprint density at radius 2 is 2.03 bits per heavy atom. The second-order valence-corrected chi connectivity index (χ2v) is 6.98. The van der Waals surface area contributed by atoms with Crippen molar-refractivity contribution in [2.75, 3.05) is 25.1 Å². The maximum atomic E-state index is 12.4. The number of anilines is 1. The number of ether oxygens (including phenoxy) is 1. The molecule has 3 aromatic rings. The van der Waals surface area contributed by atoms with Gasteiger partial charge in [-0.1, -0.05) is 12.1 Å². The molecule has 0 spiro atoms. The van der Waals surface area contributed by atoms with Gasteiger partial charge in [0.1, 0.15) is 5.75 Å². The van der Waals surface area contributed by atoms with Crippen molar-refractivity contribution in [3.8, 4) is 17.0 Å². The molecule has 1 unspecified atom stereocenters. The van der Waals surface area contributed by atoms with Gasteiger partial charge in [-0.2, -0.15) is 0 Å². The molecule has 1 fully saturated rings. The highest BCUT2D eigenvalue weighted by atomic mass is 16.5. The van der Waals surface area contributed by atoms with E-state index >= 15 is 0 Å². The van der Waals surface area contributed by atoms with Gasteiger partial charge in [-0.25, -0.2) is 0 Å². The molecule has 4 rings (SSSR count). The number of pyridine rings is 1. The summed E-state index contributed by atoms with van der Waals surface area (Å²) in [5, 5.41) is 11.9. The molecule has 0 saturated carbocycles. The number of para-hydroxylation sites is 1. The van der Waals surface area contributed by atoms with E-state index in [1.54, 1.807) is 31.6 Å². The fourth-order valence-electron chi connectivity index (χ4n) is 3.56. The summed E-state index contributed by atoms with van der Waals surface area (Å²) in [7, 11) is 1.65. The van der Waals surface area contributed by atoms with Crippen molar-refractivity contribution in [1.82, 2.24) is 20.5 Å². The SMILES string of the molecule is COc1ccccc1-c1ccc(N2CCCC(NC(=O)c3cccnc3)C2)nn1. The van der Waals surface area contributed by atoms with Crippen LogP contribution < -0.4 is 15.0 Å². The van der Waals surface area contributed by atoms with E-state index in [1.165, 1.54) is 0 Å². The summed E-state index contributed by atoms with van der Waals surface area (Å²) in [6.45, 7) is 1.59. The first-order valence-electron chi connectivity index (χ1n) is 9.67. The van der Waals surface area contributed by atoms with E-state index in [4.69, 9.17) is 4.74 Å². The highest BCUT2D eigenvalue weighted by molar-refractivity contribution is 5.94. The van der Waals surface area contributed by atoms with Gasteiger partial charge in [-0.05, 0) is 49.2 Å². The lowest BCUT2D eigenvalue weighted by molar-refractivity contribution is 0.0932. The number of aromatic nitrogens is 3. The normalized spacial score (nSPS) is 16.3. The average Bonchev–Trinajstić information content (AvgIpc) is 2.80. The van der Waals surface area contributed by atoms with Crippen molar-refractivity contribution >= 4 is 11.7 Å². The number of carbonyl (C=O) groups excluding carboxylic acids is 1. The molecule has 1 amide bonds. The number of nitrogens with one attached hydrogen (secondary N) is 1. The quantitative estimate of drug-likeness (QED) is 0.723. The molecule has 2 aromatic heterocycles. The molecule has 0 bridgehead atoms. The molecule has 3 heterocycles. The number of methoxy groups -OCH3 is 1. The predicted molar refractivity (Wildman–Crippen MR) is 111 cm³/mol. The average molecular weight is 389 g/mol. The van der Waals surface area contributed by atoms with Crippen molar-refractivity contribution < 1.29 is 9.53 Å². The molecular formula is C22H23N5O2. The summed E-state index contributed by atoms with van der Waals surface area (Å²) in [6, 6.07) is 15.3. The number of hydrogen-bond acceptors (Lipinski definition) is 6. The lowest BCUT2D eigenvalue weighted by Gasteiger charge is -2.33. The number of carbonyl (C=O) groups is 1. The van der Waals surface area contributed by atoms with Crippen LogP contribution in [0.15, 0.2) is 60.9 Å². The van der Waals surface area contributed by atoms with Gasteiger partial charge in [0.2, 0.25) is 0 Å². The Balaban J connectivity index is 1.44. The fourth-order valence-corrected chi connectivity index (χ4v) is 3.56. The van der Waals surface area contributed by atoms with Crippen LogP contribution in [0.2, 0.25) is 0 Å². The minimum atomic E-state index is -0.0949. The van der Waals surface area contributed by atoms with Crippen LogP contribution in [-0.2, 0) is 0 Å². The molecule has 7 nitrogen and oxygen atoms in total. The monoisotopic (exact) mass is 389 g/mol. The van der Waals surface area contributed by atoms with Crippen molar-refractivity contribution in [2.45, 2.75) is 18.9 Å². The molecule has 1 N–H and O–H groups in total. The van der Waals surface area contributed by atoms with Crippen LogP contribution in [0.4, 0.5) is 5.82 Å². The van der Waals surface area contributed by atoms with Gasteiger partial charge in [-0.15, -0.1) is 10.2 Å². The maximum Gasteiger partial charge on any atom is 0.253 e. The summed E-state index contributed by atoms with van der Waals surface area (Å²) < 4.78 is 5.41. The number of rotatable bonds is 5. The number of benzene rings is 1. The largest absolute Gasteiger partial charge is 0.496 e. The van der Waals surface area contributed by atoms with Crippen LogP contribution in [0.3, 0.4) is 0 Å². The van der Waals surface area contributed by atoms with Crippen LogP contribution in [0.25, 0.3) is 11.3 Å². The minimum Gasteiger partial charge on any atom is -0.496 e. The lowest BCUT2D eigenvalue weighted by Crippen LogP contribution is -2.48. The Morgan fingerprint density at radius 3 is 2.79 bits per heavy atom. The van der Waals surface area contributed by atoms with Gasteiger partial charge in [-0.3, -0.25) is 9.78 Å². The Hall–Kier alpha value is -3.48. The molecule has 0 aliphatic carbocycles. The van der Waals surface area contributed by atoms with Crippen molar-refractivity contribution in [2.24, 2.45) is 0 Å². The molecule has 7 heteroatoms. The molecule has 1 aromatic carbocycles. The molecule has 1 atom stereocenters. The third kappa shape index (κ3) is 4.34. The topological polar surface area (TPSA) is 80.2 Å². The summed E-state index contributed by atoms with van der Waals surface area (Å²) in [5.41, 5.74) is 2.25. The van der Waals surface area contributed by atoms with Crippen molar-refractivity contribution in [3.63, 3.8) is 0 Å². The van der Waals surface area contributed by atoms with E-state index in [1.807, 2.05) is 36.4 Å². The minimum absolute atomic E-state index is 0.0622. The van der Waals surface area contributed by atoms with Gasteiger partial charge < -0.3 is 15.0 Å². The van der Waals surface area contributed by atoms with E-state index in [9.17, 15) is 4.79 Å². The summed E-state index contributed by atoms with van der Waals surface area (Å²) >= 11 is 0. The third-order valence-corrected chi connectivity index (χ3v) is 5.04. The number of nitrogens with zero attached hydrogens (tertiary/aromatic N) is 4. The van der Waals surface area contributed by atoms with Gasteiger partial charge >= 0.3 is 0 Å². The highest BCUT2D eigenvalue weighted by Crippen LogP contribution is 2.28. The van der Waals surface area contributed by atoms with E-state index in [-0.39, 0.29) is 11.9 Å². The second-order valence-electron chi connectivity index (χ2n) is 6.98. The third-order valence-electron chi connectivity index (χ3n) is 5.04. The van der Waals surface area contributed by atoms with Crippen LogP contribution in [0.5, 0.6) is 5.75 Å². The molecule has 1 aliphatic heterocycles. The van der Waals surface area contributed by atoms with Crippen molar-refractivity contribution in [1.29, 1.82) is 0 Å². The zero-order valence-corrected chi connectivity index (χ0v) is 16.3. The smallest absolute Gasteiger partial charge is 0.253 e. The molecule has 29 heavy (non-hydrogen) atoms. The molecule has 0 radical (unpaired) electrons. The maximum absolute atomic E-state index is 12.4. The number of piperidine rings is 1. The van der Waals surface area contributed by atoms with Gasteiger partial charge in [0.05, 0.1) is 18.4 Å². The van der Waals surface area contributed by atoms with Crippen LogP contribution in [0.1, 0.15) is 23.2 Å². The Kier molecular flexibility index (Phi) is 5.65. The molecule has 1 aliphatic rings. The Morgan fingerprint density at radius 1 is 1.14 bits per heavy atom. The summed E-state index contributed by atoms with van der Waals surface area (Å²) in [5.74, 6) is 1.48. The zero-order valence-electron chi connectivity index (χ0n) is 16.3. The van der Waals surface area contributed by atoms with E-state index in [0.29, 0.717) is 12.1 Å². The number of amides is 1. The van der Waals surface area contributed by atoms with Gasteiger partial charge in [0.15, 0.2) is 5.82 Å². The zero-order chi connectivity index (χ0) is 20.1. The second kappa shape index (κ2) is 8.68. The summed E-state index contributed by atoms with van der Waals surface area (Å²) in [6.07, 6.45) is 5.16. The molecular weight excluding hydrogens is 366 g/mol. The van der Waals surface area contributed by atoms with Gasteiger partial charge in [0, 0.05) is 37.1 Å². The molecule has 1 saturated heterocycles. The van der Waals surface area contributed by atoms with Crippen LogP contribution in [-0.4, -0.2) is 47.3 Å². The molecule has 148 valence electrons. The first-order chi connectivity index (χ1) is 14.2. The van der Waals surface area contributed by atoms with Gasteiger partial charge in [0.25, 0.3) is 5.91 Å². The fraction of sp³-hybridized carbons (Fsp3) is 0.273. The summed E-state index contributed by atoms with van der Waals surface area (Å²) in [4.78, 5) is 18.6. The highest BCUT2D eigenvalue weighted by Gasteiger charge is 2.23. The van der Waals surface area contributed by atoms with Crippen LogP contribution >= 0.6 is 0 Å². The van der Waals surface area contributed by atoms with E-state index in [2.05, 4.69) is 25.4 Å². The predicted octanol–water partition coefficient (Wildman–Crippen LogP) is 2.95. The Labute approximate surface area is 169 Å². The van der Waals surface area contributed by atoms with E-state index < -0.39 is 0 Å². The Bertz CT molecular complexity index is 962. The number of hydrogen-bond donors (Lipinski definition) is 1. The standard InChI is InChI=1S/C22H23N5O2/c1-29-20-9-3-2-8-18(20)19-10-11-21(26-25-19)27-13-5-7-17(15-27)24-22(28)16-6-4-12-23-14-16/h2-4,6,8-12,14,17H,5,7,13,15H2,1H3,(H,24,28). The first-order valence-corrected chi connectivity index (χ1v) is 9.67. The van der Waals surface area contributed by atoms with E-state index in [0.717, 1.165) is 42.2 Å². The van der Waals surface area contributed by atoms with Crippen molar-refractivity contribution in [3.05, 3.63) is 66.5 Å².